The lowest BCUT2D eigenvalue weighted by Gasteiger charge is -2.28. The Labute approximate surface area is 144 Å². The van der Waals surface area contributed by atoms with Crippen LogP contribution in [0.4, 0.5) is 11.5 Å². The lowest BCUT2D eigenvalue weighted by molar-refractivity contribution is -0.120. The fourth-order valence-electron chi connectivity index (χ4n) is 2.94. The molecule has 0 bridgehead atoms. The molecule has 1 fully saturated rings. The second-order valence-electron chi connectivity index (χ2n) is 5.85. The number of rotatable bonds is 3. The lowest BCUT2D eigenvalue weighted by atomic mass is 10.2. The van der Waals surface area contributed by atoms with E-state index in [1.54, 1.807) is 18.3 Å². The Bertz CT molecular complexity index is 932. The van der Waals surface area contributed by atoms with Crippen molar-refractivity contribution in [2.45, 2.75) is 0 Å². The molecule has 0 unspecified atom stereocenters. The number of nitrogens with zero attached hydrogens (tertiary/aromatic N) is 3. The molecule has 4 heterocycles. The van der Waals surface area contributed by atoms with Gasteiger partial charge in [0.15, 0.2) is 0 Å². The molecule has 2 N–H and O–H groups in total. The number of hydrogen-bond acceptors (Lipinski definition) is 4. The van der Waals surface area contributed by atoms with E-state index >= 15 is 0 Å². The molecule has 0 spiro atoms. The van der Waals surface area contributed by atoms with Crippen molar-refractivity contribution in [1.82, 2.24) is 14.7 Å². The molecule has 3 aromatic rings. The standard InChI is InChI=1S/C18H17N5O2/c24-17-12-23(10-7-19-17)13-4-5-16(20-11-13)21-18(25)14-6-9-22-8-2-1-3-15(14)22/h1-6,8-9,11H,7,10,12H2,(H,19,24)(H,20,21,25). The number of piperazine rings is 1. The van der Waals surface area contributed by atoms with Gasteiger partial charge in [-0.15, -0.1) is 0 Å². The summed E-state index contributed by atoms with van der Waals surface area (Å²) in [6, 6.07) is 11.1. The minimum atomic E-state index is -0.202. The third-order valence-corrected chi connectivity index (χ3v) is 4.21. The van der Waals surface area contributed by atoms with Crippen LogP contribution in [0, 0.1) is 0 Å². The van der Waals surface area contributed by atoms with Crippen molar-refractivity contribution < 1.29 is 9.59 Å². The predicted molar refractivity (Wildman–Crippen MR) is 94.8 cm³/mol. The normalized spacial score (nSPS) is 14.4. The quantitative estimate of drug-likeness (QED) is 0.761. The van der Waals surface area contributed by atoms with Gasteiger partial charge in [0.25, 0.3) is 5.91 Å². The number of pyridine rings is 2. The Morgan fingerprint density at radius 1 is 1.16 bits per heavy atom. The summed E-state index contributed by atoms with van der Waals surface area (Å²) in [7, 11) is 0. The fraction of sp³-hybridized carbons (Fsp3) is 0.167. The van der Waals surface area contributed by atoms with E-state index in [2.05, 4.69) is 15.6 Å². The molecule has 0 aliphatic carbocycles. The summed E-state index contributed by atoms with van der Waals surface area (Å²) in [5.74, 6) is 0.279. The van der Waals surface area contributed by atoms with Gasteiger partial charge in [-0.1, -0.05) is 6.07 Å². The molecule has 25 heavy (non-hydrogen) atoms. The van der Waals surface area contributed by atoms with Crippen LogP contribution in [-0.2, 0) is 4.79 Å². The summed E-state index contributed by atoms with van der Waals surface area (Å²) in [5.41, 5.74) is 2.30. The smallest absolute Gasteiger partial charge is 0.259 e. The maximum absolute atomic E-state index is 12.5. The van der Waals surface area contributed by atoms with Crippen molar-refractivity contribution in [3.63, 3.8) is 0 Å². The van der Waals surface area contributed by atoms with Gasteiger partial charge in [0.1, 0.15) is 5.82 Å². The van der Waals surface area contributed by atoms with E-state index < -0.39 is 0 Å². The molecule has 2 amide bonds. The van der Waals surface area contributed by atoms with Crippen molar-refractivity contribution in [2.24, 2.45) is 0 Å². The Hall–Kier alpha value is -3.35. The lowest BCUT2D eigenvalue weighted by Crippen LogP contribution is -2.47. The molecule has 0 atom stereocenters. The van der Waals surface area contributed by atoms with Crippen molar-refractivity contribution in [2.75, 3.05) is 29.9 Å². The Kier molecular flexibility index (Phi) is 3.81. The number of aromatic nitrogens is 2. The largest absolute Gasteiger partial charge is 0.359 e. The highest BCUT2D eigenvalue weighted by Gasteiger charge is 2.17. The van der Waals surface area contributed by atoms with Crippen LogP contribution >= 0.6 is 0 Å². The van der Waals surface area contributed by atoms with Gasteiger partial charge >= 0.3 is 0 Å². The van der Waals surface area contributed by atoms with Crippen molar-refractivity contribution in [3.8, 4) is 0 Å². The highest BCUT2D eigenvalue weighted by atomic mass is 16.2. The molecular formula is C18H17N5O2. The fourth-order valence-corrected chi connectivity index (χ4v) is 2.94. The van der Waals surface area contributed by atoms with Crippen LogP contribution in [0.25, 0.3) is 5.52 Å². The van der Waals surface area contributed by atoms with Gasteiger partial charge in [-0.25, -0.2) is 4.98 Å². The average Bonchev–Trinajstić information content (AvgIpc) is 3.06. The van der Waals surface area contributed by atoms with E-state index in [9.17, 15) is 9.59 Å². The van der Waals surface area contributed by atoms with E-state index in [4.69, 9.17) is 0 Å². The Morgan fingerprint density at radius 2 is 2.08 bits per heavy atom. The molecule has 0 saturated carbocycles. The van der Waals surface area contributed by atoms with Crippen molar-refractivity contribution in [1.29, 1.82) is 0 Å². The molecule has 0 radical (unpaired) electrons. The van der Waals surface area contributed by atoms with Gasteiger partial charge in [0.2, 0.25) is 5.91 Å². The molecule has 3 aromatic heterocycles. The summed E-state index contributed by atoms with van der Waals surface area (Å²) in [4.78, 5) is 30.2. The number of fused-ring (bicyclic) bond motifs is 1. The first-order chi connectivity index (χ1) is 12.2. The van der Waals surface area contributed by atoms with E-state index in [0.717, 1.165) is 17.7 Å². The molecule has 7 heteroatoms. The van der Waals surface area contributed by atoms with Crippen LogP contribution in [-0.4, -0.2) is 40.8 Å². The summed E-state index contributed by atoms with van der Waals surface area (Å²) < 4.78 is 1.90. The predicted octanol–water partition coefficient (Wildman–Crippen LogP) is 1.52. The van der Waals surface area contributed by atoms with E-state index in [0.29, 0.717) is 24.5 Å². The van der Waals surface area contributed by atoms with E-state index in [1.165, 1.54) is 0 Å². The van der Waals surface area contributed by atoms with E-state index in [1.807, 2.05) is 46.0 Å². The minimum Gasteiger partial charge on any atom is -0.359 e. The van der Waals surface area contributed by atoms with Gasteiger partial charge < -0.3 is 19.9 Å². The Balaban J connectivity index is 1.49. The van der Waals surface area contributed by atoms with Gasteiger partial charge in [-0.2, -0.15) is 0 Å². The summed E-state index contributed by atoms with van der Waals surface area (Å²) in [6.07, 6.45) is 5.42. The molecular weight excluding hydrogens is 318 g/mol. The van der Waals surface area contributed by atoms with Gasteiger partial charge in [-0.3, -0.25) is 9.59 Å². The zero-order valence-electron chi connectivity index (χ0n) is 13.5. The SMILES string of the molecule is O=C1CN(c2ccc(NC(=O)c3ccn4ccccc34)nc2)CCN1. The highest BCUT2D eigenvalue weighted by molar-refractivity contribution is 6.08. The Morgan fingerprint density at radius 3 is 2.88 bits per heavy atom. The second kappa shape index (κ2) is 6.27. The van der Waals surface area contributed by atoms with Crippen LogP contribution in [0.3, 0.4) is 0 Å². The third-order valence-electron chi connectivity index (χ3n) is 4.21. The number of hydrogen-bond donors (Lipinski definition) is 2. The summed E-state index contributed by atoms with van der Waals surface area (Å²) >= 11 is 0. The maximum Gasteiger partial charge on any atom is 0.259 e. The van der Waals surface area contributed by atoms with Crippen LogP contribution in [0.15, 0.2) is 55.0 Å². The van der Waals surface area contributed by atoms with Gasteiger partial charge in [-0.05, 0) is 30.3 Å². The number of anilines is 2. The second-order valence-corrected chi connectivity index (χ2v) is 5.85. The van der Waals surface area contributed by atoms with Crippen LogP contribution < -0.4 is 15.5 Å². The number of carbonyl (C=O) groups excluding carboxylic acids is 2. The topological polar surface area (TPSA) is 78.7 Å². The third kappa shape index (κ3) is 3.03. The monoisotopic (exact) mass is 335 g/mol. The highest BCUT2D eigenvalue weighted by Crippen LogP contribution is 2.18. The summed E-state index contributed by atoms with van der Waals surface area (Å²) in [6.45, 7) is 1.69. The van der Waals surface area contributed by atoms with Gasteiger partial charge in [0.05, 0.1) is 29.5 Å². The van der Waals surface area contributed by atoms with Crippen molar-refractivity contribution in [3.05, 3.63) is 60.6 Å². The molecule has 4 rings (SSSR count). The first-order valence-electron chi connectivity index (χ1n) is 8.05. The first kappa shape index (κ1) is 15.2. The van der Waals surface area contributed by atoms with Crippen LogP contribution in [0.5, 0.6) is 0 Å². The number of carbonyl (C=O) groups is 2. The maximum atomic E-state index is 12.5. The van der Waals surface area contributed by atoms with E-state index in [-0.39, 0.29) is 11.8 Å². The van der Waals surface area contributed by atoms with Gasteiger partial charge in [0, 0.05) is 25.5 Å². The molecule has 1 aliphatic rings. The first-order valence-corrected chi connectivity index (χ1v) is 8.05. The summed E-state index contributed by atoms with van der Waals surface area (Å²) in [5, 5.41) is 5.60. The minimum absolute atomic E-state index is 0.00390. The average molecular weight is 335 g/mol. The van der Waals surface area contributed by atoms with Crippen molar-refractivity contribution >= 4 is 28.8 Å². The molecule has 1 aliphatic heterocycles. The molecule has 126 valence electrons. The molecule has 0 aromatic carbocycles. The zero-order valence-corrected chi connectivity index (χ0v) is 13.5. The van der Waals surface area contributed by atoms with Crippen LogP contribution in [0.2, 0.25) is 0 Å². The molecule has 1 saturated heterocycles. The number of nitrogens with one attached hydrogen (secondary N) is 2. The van der Waals surface area contributed by atoms with Crippen LogP contribution in [0.1, 0.15) is 10.4 Å². The molecule has 7 nitrogen and oxygen atoms in total. The zero-order chi connectivity index (χ0) is 17.2. The number of amides is 2.